The summed E-state index contributed by atoms with van der Waals surface area (Å²) < 4.78 is 27.2. The molecule has 0 unspecified atom stereocenters. The fourth-order valence-corrected chi connectivity index (χ4v) is 3.32. The van der Waals surface area contributed by atoms with Crippen molar-refractivity contribution in [3.63, 3.8) is 0 Å². The molecule has 1 aromatic heterocycles. The van der Waals surface area contributed by atoms with Crippen LogP contribution >= 0.6 is 15.9 Å². The standard InChI is InChI=1S/C22H21BrO7/c1-13-21(22(25)28-9-8-26-2)16-10-20(17(23)11-19(16)30-13)29-12-18(24)14-4-6-15(27-3)7-5-14/h4-7,10-11H,8-9,12H2,1-3H3. The van der Waals surface area contributed by atoms with E-state index in [9.17, 15) is 9.59 Å². The minimum absolute atomic E-state index is 0.137. The molecule has 0 amide bonds. The van der Waals surface area contributed by atoms with Crippen LogP contribution in [0.4, 0.5) is 0 Å². The molecule has 0 radical (unpaired) electrons. The molecule has 0 bridgehead atoms. The lowest BCUT2D eigenvalue weighted by Crippen LogP contribution is -2.12. The van der Waals surface area contributed by atoms with E-state index in [-0.39, 0.29) is 19.0 Å². The van der Waals surface area contributed by atoms with Crippen LogP contribution in [-0.2, 0) is 9.47 Å². The molecule has 0 N–H and O–H groups in total. The number of esters is 1. The molecule has 8 heteroatoms. The summed E-state index contributed by atoms with van der Waals surface area (Å²) in [5.41, 5.74) is 1.33. The first-order chi connectivity index (χ1) is 14.4. The normalized spacial score (nSPS) is 10.8. The summed E-state index contributed by atoms with van der Waals surface area (Å²) >= 11 is 3.42. The Kier molecular flexibility index (Phi) is 7.12. The maximum atomic E-state index is 12.5. The molecule has 30 heavy (non-hydrogen) atoms. The summed E-state index contributed by atoms with van der Waals surface area (Å²) in [6, 6.07) is 10.1. The second-order valence-corrected chi connectivity index (χ2v) is 7.24. The van der Waals surface area contributed by atoms with Gasteiger partial charge >= 0.3 is 5.97 Å². The highest BCUT2D eigenvalue weighted by molar-refractivity contribution is 9.10. The van der Waals surface area contributed by atoms with Gasteiger partial charge in [0.1, 0.15) is 35.0 Å². The zero-order valence-electron chi connectivity index (χ0n) is 16.8. The molecule has 0 saturated heterocycles. The molecule has 0 saturated carbocycles. The van der Waals surface area contributed by atoms with Crippen molar-refractivity contribution in [2.75, 3.05) is 34.0 Å². The van der Waals surface area contributed by atoms with Gasteiger partial charge in [-0.2, -0.15) is 0 Å². The Morgan fingerprint density at radius 2 is 1.80 bits per heavy atom. The maximum Gasteiger partial charge on any atom is 0.342 e. The number of ether oxygens (including phenoxy) is 4. The summed E-state index contributed by atoms with van der Waals surface area (Å²) in [4.78, 5) is 24.9. The Balaban J connectivity index is 1.80. The topological polar surface area (TPSA) is 84.2 Å². The number of methoxy groups -OCH3 is 2. The van der Waals surface area contributed by atoms with E-state index >= 15 is 0 Å². The van der Waals surface area contributed by atoms with Gasteiger partial charge in [-0.25, -0.2) is 4.79 Å². The van der Waals surface area contributed by atoms with Crippen LogP contribution in [0.25, 0.3) is 11.0 Å². The van der Waals surface area contributed by atoms with E-state index in [1.807, 2.05) is 0 Å². The average molecular weight is 477 g/mol. The number of aryl methyl sites for hydroxylation is 1. The summed E-state index contributed by atoms with van der Waals surface area (Å²) in [6.07, 6.45) is 0. The molecule has 0 spiro atoms. The highest BCUT2D eigenvalue weighted by Gasteiger charge is 2.22. The van der Waals surface area contributed by atoms with Crippen molar-refractivity contribution < 1.29 is 33.0 Å². The van der Waals surface area contributed by atoms with Gasteiger partial charge in [0, 0.05) is 18.1 Å². The number of carbonyl (C=O) groups is 2. The molecule has 0 aliphatic heterocycles. The zero-order valence-corrected chi connectivity index (χ0v) is 18.4. The third kappa shape index (κ3) is 4.83. The molecule has 7 nitrogen and oxygen atoms in total. The van der Waals surface area contributed by atoms with Crippen LogP contribution in [0.2, 0.25) is 0 Å². The van der Waals surface area contributed by atoms with E-state index in [0.717, 1.165) is 0 Å². The Bertz CT molecular complexity index is 1050. The van der Waals surface area contributed by atoms with E-state index < -0.39 is 5.97 Å². The number of benzene rings is 2. The fourth-order valence-electron chi connectivity index (χ4n) is 2.88. The van der Waals surface area contributed by atoms with Crippen molar-refractivity contribution >= 4 is 38.7 Å². The van der Waals surface area contributed by atoms with E-state index in [0.29, 0.717) is 50.4 Å². The van der Waals surface area contributed by atoms with Gasteiger partial charge in [-0.1, -0.05) is 0 Å². The van der Waals surface area contributed by atoms with Crippen LogP contribution in [0.5, 0.6) is 11.5 Å². The van der Waals surface area contributed by atoms with Gasteiger partial charge in [0.2, 0.25) is 0 Å². The summed E-state index contributed by atoms with van der Waals surface area (Å²) in [5.74, 6) is 0.820. The van der Waals surface area contributed by atoms with Gasteiger partial charge in [-0.05, 0) is 59.3 Å². The van der Waals surface area contributed by atoms with E-state index in [2.05, 4.69) is 15.9 Å². The van der Waals surface area contributed by atoms with E-state index in [4.69, 9.17) is 23.4 Å². The van der Waals surface area contributed by atoms with E-state index in [1.54, 1.807) is 50.4 Å². The van der Waals surface area contributed by atoms with Gasteiger partial charge in [-0.3, -0.25) is 4.79 Å². The molecule has 3 rings (SSSR count). The number of furan rings is 1. The SMILES string of the molecule is COCCOC(=O)c1c(C)oc2cc(Br)c(OCC(=O)c3ccc(OC)cc3)cc12. The van der Waals surface area contributed by atoms with Crippen LogP contribution in [-0.4, -0.2) is 45.8 Å². The second-order valence-electron chi connectivity index (χ2n) is 6.38. The first-order valence-electron chi connectivity index (χ1n) is 9.13. The number of ketones is 1. The van der Waals surface area contributed by atoms with Gasteiger partial charge in [-0.15, -0.1) is 0 Å². The Labute approximate surface area is 182 Å². The highest BCUT2D eigenvalue weighted by Crippen LogP contribution is 2.35. The van der Waals surface area contributed by atoms with Crippen LogP contribution < -0.4 is 9.47 Å². The van der Waals surface area contributed by atoms with Crippen LogP contribution in [0.1, 0.15) is 26.5 Å². The molecule has 0 aliphatic rings. The number of fused-ring (bicyclic) bond motifs is 1. The van der Waals surface area contributed by atoms with Crippen molar-refractivity contribution in [3.05, 3.63) is 57.8 Å². The molecular weight excluding hydrogens is 456 g/mol. The number of rotatable bonds is 9. The van der Waals surface area contributed by atoms with E-state index in [1.165, 1.54) is 7.11 Å². The quantitative estimate of drug-likeness (QED) is 0.254. The average Bonchev–Trinajstić information content (AvgIpc) is 3.06. The third-order valence-corrected chi connectivity index (χ3v) is 5.03. The molecule has 1 heterocycles. The lowest BCUT2D eigenvalue weighted by atomic mass is 10.1. The van der Waals surface area contributed by atoms with Crippen molar-refractivity contribution in [1.29, 1.82) is 0 Å². The van der Waals surface area contributed by atoms with Crippen LogP contribution in [0, 0.1) is 6.92 Å². The molecule has 158 valence electrons. The Morgan fingerprint density at radius 1 is 1.07 bits per heavy atom. The minimum Gasteiger partial charge on any atom is -0.497 e. The molecule has 0 atom stereocenters. The van der Waals surface area contributed by atoms with Gasteiger partial charge in [0.15, 0.2) is 12.4 Å². The monoisotopic (exact) mass is 476 g/mol. The molecular formula is C22H21BrO7. The summed E-state index contributed by atoms with van der Waals surface area (Å²) in [7, 11) is 3.09. The highest BCUT2D eigenvalue weighted by atomic mass is 79.9. The van der Waals surface area contributed by atoms with Crippen molar-refractivity contribution in [2.45, 2.75) is 6.92 Å². The first kappa shape index (κ1) is 21.9. The molecule has 0 aliphatic carbocycles. The maximum absolute atomic E-state index is 12.5. The third-order valence-electron chi connectivity index (χ3n) is 4.41. The fraction of sp³-hybridized carbons (Fsp3) is 0.273. The van der Waals surface area contributed by atoms with Crippen molar-refractivity contribution in [3.8, 4) is 11.5 Å². The lowest BCUT2D eigenvalue weighted by Gasteiger charge is -2.09. The molecule has 0 fully saturated rings. The number of hydrogen-bond acceptors (Lipinski definition) is 7. The van der Waals surface area contributed by atoms with Crippen LogP contribution in [0.3, 0.4) is 0 Å². The smallest absolute Gasteiger partial charge is 0.342 e. The second kappa shape index (κ2) is 9.77. The summed E-state index contributed by atoms with van der Waals surface area (Å²) in [5, 5.41) is 0.546. The summed E-state index contributed by atoms with van der Waals surface area (Å²) in [6.45, 7) is 1.96. The predicted octanol–water partition coefficient (Wildman–Crippen LogP) is 4.58. The number of hydrogen-bond donors (Lipinski definition) is 0. The zero-order chi connectivity index (χ0) is 21.7. The lowest BCUT2D eigenvalue weighted by molar-refractivity contribution is 0.0388. The van der Waals surface area contributed by atoms with Gasteiger partial charge < -0.3 is 23.4 Å². The van der Waals surface area contributed by atoms with Gasteiger partial charge in [0.05, 0.1) is 18.2 Å². The number of Topliss-reactive ketones (excluding diaryl/α,β-unsaturated/α-hetero) is 1. The number of halogens is 1. The molecule has 2 aromatic carbocycles. The molecule has 3 aromatic rings. The largest absolute Gasteiger partial charge is 0.497 e. The Morgan fingerprint density at radius 3 is 2.47 bits per heavy atom. The Hall–Kier alpha value is -2.84. The van der Waals surface area contributed by atoms with Crippen LogP contribution in [0.15, 0.2) is 45.3 Å². The number of carbonyl (C=O) groups excluding carboxylic acids is 2. The van der Waals surface area contributed by atoms with Crippen molar-refractivity contribution in [1.82, 2.24) is 0 Å². The van der Waals surface area contributed by atoms with Gasteiger partial charge in [0.25, 0.3) is 0 Å². The first-order valence-corrected chi connectivity index (χ1v) is 9.92. The minimum atomic E-state index is -0.508. The predicted molar refractivity (Wildman–Crippen MR) is 114 cm³/mol. The van der Waals surface area contributed by atoms with Crippen molar-refractivity contribution in [2.24, 2.45) is 0 Å².